The predicted molar refractivity (Wildman–Crippen MR) is 92.8 cm³/mol. The first-order valence-corrected chi connectivity index (χ1v) is 8.03. The Hall–Kier alpha value is -3.10. The molecule has 0 aliphatic heterocycles. The minimum Gasteiger partial charge on any atom is -0.480 e. The maximum Gasteiger partial charge on any atom is 0.414 e. The Balaban J connectivity index is 2.09. The lowest BCUT2D eigenvalue weighted by molar-refractivity contribution is -0.144. The van der Waals surface area contributed by atoms with Crippen molar-refractivity contribution in [3.63, 3.8) is 0 Å². The molecule has 26 heavy (non-hydrogen) atoms. The molecule has 0 saturated heterocycles. The van der Waals surface area contributed by atoms with Crippen LogP contribution in [0.15, 0.2) is 30.3 Å². The van der Waals surface area contributed by atoms with E-state index in [4.69, 9.17) is 20.0 Å². The van der Waals surface area contributed by atoms with Gasteiger partial charge in [-0.3, -0.25) is 20.3 Å². The van der Waals surface area contributed by atoms with E-state index in [1.165, 1.54) is 7.05 Å². The Morgan fingerprint density at radius 1 is 1.15 bits per heavy atom. The standard InChI is InChI=1S/C17H23N3O6/c1-20(12-14(21)22)16(18)19-17(24)26-11-10-25-15(23)9-5-8-13-6-3-2-4-7-13/h2-4,6-7H,5,8-12H2,1H3,(H,21,22)(H2,18,19,24). The number of carboxylic acids is 1. The number of alkyl carbamates (subject to hydrolysis) is 1. The highest BCUT2D eigenvalue weighted by atomic mass is 16.6. The number of hydrogen-bond acceptors (Lipinski definition) is 6. The van der Waals surface area contributed by atoms with Gasteiger partial charge in [-0.25, -0.2) is 4.79 Å². The number of hydrogen-bond donors (Lipinski definition) is 3. The van der Waals surface area contributed by atoms with Gasteiger partial charge in [-0.05, 0) is 18.4 Å². The third-order valence-electron chi connectivity index (χ3n) is 3.24. The van der Waals surface area contributed by atoms with Gasteiger partial charge < -0.3 is 19.5 Å². The second-order valence-electron chi connectivity index (χ2n) is 5.42. The van der Waals surface area contributed by atoms with E-state index in [1.54, 1.807) is 0 Å². The zero-order valence-corrected chi connectivity index (χ0v) is 14.6. The summed E-state index contributed by atoms with van der Waals surface area (Å²) in [7, 11) is 1.34. The van der Waals surface area contributed by atoms with Crippen LogP contribution < -0.4 is 5.32 Å². The van der Waals surface area contributed by atoms with Gasteiger partial charge in [0.1, 0.15) is 19.8 Å². The van der Waals surface area contributed by atoms with Crippen LogP contribution in [0.25, 0.3) is 0 Å². The number of nitrogens with zero attached hydrogens (tertiary/aromatic N) is 1. The summed E-state index contributed by atoms with van der Waals surface area (Å²) in [5.41, 5.74) is 1.15. The minimum absolute atomic E-state index is 0.0874. The van der Waals surface area contributed by atoms with Gasteiger partial charge in [-0.2, -0.15) is 0 Å². The van der Waals surface area contributed by atoms with Crippen LogP contribution >= 0.6 is 0 Å². The molecule has 0 aliphatic rings. The number of aliphatic carboxylic acids is 1. The zero-order valence-electron chi connectivity index (χ0n) is 14.6. The first kappa shape index (κ1) is 20.9. The molecule has 3 N–H and O–H groups in total. The molecule has 0 bridgehead atoms. The molecular weight excluding hydrogens is 342 g/mol. The molecule has 0 atom stereocenters. The first-order chi connectivity index (χ1) is 12.4. The molecule has 1 rings (SSSR count). The Morgan fingerprint density at radius 2 is 1.81 bits per heavy atom. The monoisotopic (exact) mass is 365 g/mol. The number of benzene rings is 1. The van der Waals surface area contributed by atoms with Crippen molar-refractivity contribution < 1.29 is 29.0 Å². The zero-order chi connectivity index (χ0) is 19.4. The van der Waals surface area contributed by atoms with Crippen molar-refractivity contribution in [3.05, 3.63) is 35.9 Å². The van der Waals surface area contributed by atoms with E-state index in [2.05, 4.69) is 5.32 Å². The van der Waals surface area contributed by atoms with Gasteiger partial charge in [0, 0.05) is 13.5 Å². The number of likely N-dealkylation sites (N-methyl/N-ethyl adjacent to an activating group) is 1. The van der Waals surface area contributed by atoms with Crippen molar-refractivity contribution in [2.24, 2.45) is 0 Å². The van der Waals surface area contributed by atoms with Crippen LogP contribution in [0, 0.1) is 5.41 Å². The van der Waals surface area contributed by atoms with Crippen LogP contribution in [0.1, 0.15) is 18.4 Å². The molecule has 0 aromatic heterocycles. The van der Waals surface area contributed by atoms with E-state index < -0.39 is 24.6 Å². The summed E-state index contributed by atoms with van der Waals surface area (Å²) < 4.78 is 9.70. The highest BCUT2D eigenvalue weighted by Crippen LogP contribution is 2.05. The normalized spacial score (nSPS) is 9.88. The lowest BCUT2D eigenvalue weighted by Gasteiger charge is -2.17. The van der Waals surface area contributed by atoms with E-state index in [-0.39, 0.29) is 25.6 Å². The number of carboxylic acid groups (broad SMARTS) is 1. The van der Waals surface area contributed by atoms with Crippen molar-refractivity contribution in [1.29, 1.82) is 5.41 Å². The third-order valence-corrected chi connectivity index (χ3v) is 3.24. The quantitative estimate of drug-likeness (QED) is 0.260. The molecule has 0 aliphatic carbocycles. The van der Waals surface area contributed by atoms with E-state index in [0.717, 1.165) is 16.9 Å². The van der Waals surface area contributed by atoms with Crippen LogP contribution in [-0.4, -0.2) is 60.8 Å². The van der Waals surface area contributed by atoms with Crippen molar-refractivity contribution in [1.82, 2.24) is 10.2 Å². The number of rotatable bonds is 9. The van der Waals surface area contributed by atoms with Crippen molar-refractivity contribution in [3.8, 4) is 0 Å². The smallest absolute Gasteiger partial charge is 0.414 e. The molecule has 0 saturated carbocycles. The number of esters is 1. The molecule has 1 aromatic carbocycles. The van der Waals surface area contributed by atoms with Crippen molar-refractivity contribution in [2.45, 2.75) is 19.3 Å². The molecule has 0 unspecified atom stereocenters. The summed E-state index contributed by atoms with van der Waals surface area (Å²) in [5.74, 6) is -1.92. The maximum absolute atomic E-state index is 11.6. The van der Waals surface area contributed by atoms with E-state index in [1.807, 2.05) is 30.3 Å². The van der Waals surface area contributed by atoms with Gasteiger partial charge >= 0.3 is 18.0 Å². The summed E-state index contributed by atoms with van der Waals surface area (Å²) in [5, 5.41) is 18.1. The van der Waals surface area contributed by atoms with Crippen LogP contribution in [0.4, 0.5) is 4.79 Å². The second-order valence-corrected chi connectivity index (χ2v) is 5.42. The van der Waals surface area contributed by atoms with Crippen LogP contribution in [0.2, 0.25) is 0 Å². The molecule has 9 nitrogen and oxygen atoms in total. The topological polar surface area (TPSA) is 129 Å². The van der Waals surface area contributed by atoms with E-state index >= 15 is 0 Å². The number of aryl methyl sites for hydroxylation is 1. The van der Waals surface area contributed by atoms with Crippen LogP contribution in [-0.2, 0) is 25.5 Å². The van der Waals surface area contributed by atoms with Gasteiger partial charge in [0.15, 0.2) is 0 Å². The Bertz CT molecular complexity index is 620. The third kappa shape index (κ3) is 9.26. The summed E-state index contributed by atoms with van der Waals surface area (Å²) >= 11 is 0. The van der Waals surface area contributed by atoms with Crippen molar-refractivity contribution in [2.75, 3.05) is 26.8 Å². The van der Waals surface area contributed by atoms with Gasteiger partial charge in [-0.1, -0.05) is 30.3 Å². The van der Waals surface area contributed by atoms with Gasteiger partial charge in [0.2, 0.25) is 5.96 Å². The Kier molecular flexibility index (Phi) is 9.23. The number of carbonyl (C=O) groups excluding carboxylic acids is 2. The molecule has 0 radical (unpaired) electrons. The van der Waals surface area contributed by atoms with Gasteiger partial charge in [0.05, 0.1) is 0 Å². The lowest BCUT2D eigenvalue weighted by atomic mass is 10.1. The average molecular weight is 365 g/mol. The molecule has 0 heterocycles. The predicted octanol–water partition coefficient (Wildman–Crippen LogP) is 1.23. The molecular formula is C17H23N3O6. The fourth-order valence-electron chi connectivity index (χ4n) is 1.95. The Morgan fingerprint density at radius 3 is 2.46 bits per heavy atom. The highest BCUT2D eigenvalue weighted by Gasteiger charge is 2.12. The Labute approximate surface area is 151 Å². The number of ether oxygens (including phenoxy) is 2. The number of guanidine groups is 1. The summed E-state index contributed by atoms with van der Waals surface area (Å²) in [6.07, 6.45) is 0.788. The summed E-state index contributed by atoms with van der Waals surface area (Å²) in [6, 6.07) is 9.79. The molecule has 9 heteroatoms. The first-order valence-electron chi connectivity index (χ1n) is 8.03. The van der Waals surface area contributed by atoms with Crippen molar-refractivity contribution >= 4 is 24.0 Å². The number of amides is 1. The number of carbonyl (C=O) groups is 3. The summed E-state index contributed by atoms with van der Waals surface area (Å²) in [4.78, 5) is 34.5. The highest BCUT2D eigenvalue weighted by molar-refractivity contribution is 5.93. The molecule has 0 spiro atoms. The number of nitrogens with one attached hydrogen (secondary N) is 2. The van der Waals surface area contributed by atoms with Crippen LogP contribution in [0.3, 0.4) is 0 Å². The minimum atomic E-state index is -1.13. The summed E-state index contributed by atoms with van der Waals surface area (Å²) in [6.45, 7) is -0.679. The molecule has 1 amide bonds. The fraction of sp³-hybridized carbons (Fsp3) is 0.412. The fourth-order valence-corrected chi connectivity index (χ4v) is 1.95. The average Bonchev–Trinajstić information content (AvgIpc) is 2.59. The van der Waals surface area contributed by atoms with E-state index in [0.29, 0.717) is 6.42 Å². The van der Waals surface area contributed by atoms with E-state index in [9.17, 15) is 14.4 Å². The second kappa shape index (κ2) is 11.5. The lowest BCUT2D eigenvalue weighted by Crippen LogP contribution is -2.43. The maximum atomic E-state index is 11.6. The largest absolute Gasteiger partial charge is 0.480 e. The SMILES string of the molecule is CN(CC(=O)O)C(=N)NC(=O)OCCOC(=O)CCCc1ccccc1. The van der Waals surface area contributed by atoms with Gasteiger partial charge in [0.25, 0.3) is 0 Å². The molecule has 142 valence electrons. The van der Waals surface area contributed by atoms with Crippen LogP contribution in [0.5, 0.6) is 0 Å². The molecule has 0 fully saturated rings. The molecule has 1 aromatic rings. The van der Waals surface area contributed by atoms with Gasteiger partial charge in [-0.15, -0.1) is 0 Å².